The first kappa shape index (κ1) is 32.9. The van der Waals surface area contributed by atoms with Crippen LogP contribution in [0.5, 0.6) is 5.75 Å². The maximum atomic E-state index is 12.9. The van der Waals surface area contributed by atoms with E-state index in [2.05, 4.69) is 57.4 Å². The summed E-state index contributed by atoms with van der Waals surface area (Å²) in [6, 6.07) is 18.8. The second-order valence-corrected chi connectivity index (χ2v) is 12.0. The Hall–Kier alpha value is -2.33. The van der Waals surface area contributed by atoms with Crippen LogP contribution < -0.4 is 4.74 Å². The molecule has 0 saturated heterocycles. The summed E-state index contributed by atoms with van der Waals surface area (Å²) in [5, 5.41) is 0. The van der Waals surface area contributed by atoms with E-state index in [1.807, 2.05) is 32.0 Å². The van der Waals surface area contributed by atoms with Gasteiger partial charge in [-0.1, -0.05) is 121 Å². The number of esters is 1. The lowest BCUT2D eigenvalue weighted by Gasteiger charge is -2.31. The first-order chi connectivity index (χ1) is 18.8. The summed E-state index contributed by atoms with van der Waals surface area (Å²) >= 11 is 0. The van der Waals surface area contributed by atoms with Crippen molar-refractivity contribution in [2.24, 2.45) is 5.92 Å². The molecule has 2 aromatic carbocycles. The smallest absolute Gasteiger partial charge is 0.311 e. The third-order valence-electron chi connectivity index (χ3n) is 7.59. The minimum absolute atomic E-state index is 0.168. The number of ether oxygens (including phenoxy) is 2. The molecule has 0 saturated carbocycles. The first-order valence-corrected chi connectivity index (χ1v) is 15.6. The second-order valence-electron chi connectivity index (χ2n) is 12.0. The molecule has 0 bridgehead atoms. The summed E-state index contributed by atoms with van der Waals surface area (Å²) in [5.74, 6) is 0.439. The zero-order chi connectivity index (χ0) is 28.3. The van der Waals surface area contributed by atoms with E-state index in [1.54, 1.807) is 0 Å². The molecule has 2 atom stereocenters. The molecule has 2 unspecified atom stereocenters. The molecule has 0 heterocycles. The Labute approximate surface area is 239 Å². The van der Waals surface area contributed by atoms with Gasteiger partial charge in [0.05, 0.1) is 26.6 Å². The lowest BCUT2D eigenvalue weighted by molar-refractivity contribution is -0.904. The number of hydrogen-bond acceptors (Lipinski definition) is 3. The third-order valence-corrected chi connectivity index (χ3v) is 7.59. The number of quaternary nitrogens is 1. The van der Waals surface area contributed by atoms with Crippen molar-refractivity contribution in [1.29, 1.82) is 0 Å². The maximum Gasteiger partial charge on any atom is 0.311 e. The van der Waals surface area contributed by atoms with Gasteiger partial charge in [-0.2, -0.15) is 0 Å². The van der Waals surface area contributed by atoms with Crippen molar-refractivity contribution in [1.82, 2.24) is 0 Å². The van der Waals surface area contributed by atoms with E-state index in [9.17, 15) is 4.79 Å². The van der Waals surface area contributed by atoms with Gasteiger partial charge >= 0.3 is 5.97 Å². The number of hydrogen-bond donors (Lipinski definition) is 0. The van der Waals surface area contributed by atoms with Crippen molar-refractivity contribution in [2.45, 2.75) is 117 Å². The molecule has 0 aliphatic carbocycles. The molecule has 2 rings (SSSR count). The number of unbranched alkanes of at least 4 members (excludes halogenated alkanes) is 9. The largest absolute Gasteiger partial charge is 0.455 e. The molecular formula is C35H56NO3+. The predicted octanol–water partition coefficient (Wildman–Crippen LogP) is 9.11. The lowest BCUT2D eigenvalue weighted by Crippen LogP contribution is -2.41. The van der Waals surface area contributed by atoms with Crippen LogP contribution in [-0.2, 0) is 22.5 Å². The Morgan fingerprint density at radius 2 is 1.41 bits per heavy atom. The van der Waals surface area contributed by atoms with Gasteiger partial charge in [-0.15, -0.1) is 0 Å². The second kappa shape index (κ2) is 18.9. The number of nitrogens with zero attached hydrogens (tertiary/aromatic N) is 1. The zero-order valence-corrected chi connectivity index (χ0v) is 25.6. The van der Waals surface area contributed by atoms with Gasteiger partial charge in [0.1, 0.15) is 12.3 Å². The van der Waals surface area contributed by atoms with E-state index < -0.39 is 6.29 Å². The van der Waals surface area contributed by atoms with Crippen LogP contribution in [0, 0.1) is 5.92 Å². The quantitative estimate of drug-likeness (QED) is 0.0688. The van der Waals surface area contributed by atoms with E-state index in [4.69, 9.17) is 9.47 Å². The van der Waals surface area contributed by atoms with Gasteiger partial charge in [0, 0.05) is 18.4 Å². The Kier molecular flexibility index (Phi) is 15.9. The van der Waals surface area contributed by atoms with Gasteiger partial charge in [0.25, 0.3) is 0 Å². The fourth-order valence-electron chi connectivity index (χ4n) is 5.00. The molecule has 0 radical (unpaired) electrons. The van der Waals surface area contributed by atoms with Crippen LogP contribution in [0.4, 0.5) is 0 Å². The monoisotopic (exact) mass is 538 g/mol. The van der Waals surface area contributed by atoms with Crippen molar-refractivity contribution in [2.75, 3.05) is 20.6 Å². The highest BCUT2D eigenvalue weighted by Gasteiger charge is 2.24. The number of carbonyl (C=O) groups excluding carboxylic acids is 1. The van der Waals surface area contributed by atoms with Crippen LogP contribution in [0.25, 0.3) is 0 Å². The number of benzene rings is 2. The lowest BCUT2D eigenvalue weighted by atomic mass is 10.0. The molecule has 4 heteroatoms. The summed E-state index contributed by atoms with van der Waals surface area (Å²) in [4.78, 5) is 12.9. The summed E-state index contributed by atoms with van der Waals surface area (Å²) in [7, 11) is 4.43. The fraction of sp³-hybridized carbons (Fsp3) is 0.629. The summed E-state index contributed by atoms with van der Waals surface area (Å²) in [6.07, 6.45) is 15.4. The molecule has 0 aromatic heterocycles. The minimum atomic E-state index is -0.556. The normalized spacial score (nSPS) is 13.2. The van der Waals surface area contributed by atoms with Crippen LogP contribution in [0.3, 0.4) is 0 Å². The van der Waals surface area contributed by atoms with Crippen molar-refractivity contribution in [3.8, 4) is 5.75 Å². The summed E-state index contributed by atoms with van der Waals surface area (Å²) < 4.78 is 12.7. The van der Waals surface area contributed by atoms with Crippen LogP contribution in [0.1, 0.15) is 109 Å². The van der Waals surface area contributed by atoms with Crippen LogP contribution >= 0.6 is 0 Å². The van der Waals surface area contributed by atoms with Crippen molar-refractivity contribution in [3.05, 3.63) is 65.7 Å². The van der Waals surface area contributed by atoms with Gasteiger partial charge in [-0.3, -0.25) is 4.79 Å². The predicted molar refractivity (Wildman–Crippen MR) is 164 cm³/mol. The molecule has 0 amide bonds. The average molecular weight is 539 g/mol. The summed E-state index contributed by atoms with van der Waals surface area (Å²) in [5.41, 5.74) is 2.60. The highest BCUT2D eigenvalue weighted by atomic mass is 16.7. The highest BCUT2D eigenvalue weighted by molar-refractivity contribution is 5.72. The number of aryl methyl sites for hydroxylation is 1. The van der Waals surface area contributed by atoms with E-state index in [1.165, 1.54) is 75.3 Å². The topological polar surface area (TPSA) is 35.5 Å². The van der Waals surface area contributed by atoms with Gasteiger partial charge < -0.3 is 14.0 Å². The molecule has 4 nitrogen and oxygen atoms in total. The molecule has 0 N–H and O–H groups in total. The van der Waals surface area contributed by atoms with Crippen molar-refractivity contribution < 1.29 is 18.8 Å². The van der Waals surface area contributed by atoms with Crippen LogP contribution in [0.15, 0.2) is 54.6 Å². The SMILES string of the molecule is CCCCCCCCCCCCc1cccc(OC(CC)OC(=O)C(C)CC[N+](C)(C)Cc2ccccc2)c1. The molecule has 0 spiro atoms. The van der Waals surface area contributed by atoms with Gasteiger partial charge in [0.15, 0.2) is 0 Å². The Balaban J connectivity index is 1.69. The van der Waals surface area contributed by atoms with Gasteiger partial charge in [-0.25, -0.2) is 0 Å². The highest BCUT2D eigenvalue weighted by Crippen LogP contribution is 2.20. The first-order valence-electron chi connectivity index (χ1n) is 15.6. The van der Waals surface area contributed by atoms with E-state index >= 15 is 0 Å². The van der Waals surface area contributed by atoms with Crippen LogP contribution in [-0.4, -0.2) is 37.4 Å². The van der Waals surface area contributed by atoms with Gasteiger partial charge in [0.2, 0.25) is 6.29 Å². The zero-order valence-electron chi connectivity index (χ0n) is 25.6. The molecular weight excluding hydrogens is 482 g/mol. The molecule has 0 aliphatic heterocycles. The van der Waals surface area contributed by atoms with Crippen molar-refractivity contribution in [3.63, 3.8) is 0 Å². The molecule has 0 fully saturated rings. The van der Waals surface area contributed by atoms with Crippen molar-refractivity contribution >= 4 is 5.97 Å². The average Bonchev–Trinajstić information content (AvgIpc) is 2.93. The van der Waals surface area contributed by atoms with E-state index in [-0.39, 0.29) is 11.9 Å². The maximum absolute atomic E-state index is 12.9. The Bertz CT molecular complexity index is 911. The standard InChI is InChI=1S/C35H56NO3/c1-6-8-9-10-11-12-13-14-15-17-21-31-24-20-25-33(28-31)38-34(7-2)39-35(37)30(3)26-27-36(4,5)29-32-22-18-16-19-23-32/h16,18-20,22-25,28,30,34H,6-15,17,21,26-27,29H2,1-5H3/q+1. The third kappa shape index (κ3) is 14.6. The van der Waals surface area contributed by atoms with Crippen LogP contribution in [0.2, 0.25) is 0 Å². The number of carbonyl (C=O) groups is 1. The molecule has 0 aliphatic rings. The van der Waals surface area contributed by atoms with E-state index in [0.717, 1.165) is 36.2 Å². The molecule has 39 heavy (non-hydrogen) atoms. The Morgan fingerprint density at radius 3 is 2.05 bits per heavy atom. The summed E-state index contributed by atoms with van der Waals surface area (Å²) in [6.45, 7) is 8.08. The number of rotatable bonds is 21. The Morgan fingerprint density at radius 1 is 0.795 bits per heavy atom. The van der Waals surface area contributed by atoms with E-state index in [0.29, 0.717) is 6.42 Å². The minimum Gasteiger partial charge on any atom is -0.455 e. The van der Waals surface area contributed by atoms with Gasteiger partial charge in [-0.05, 0) is 30.5 Å². The molecule has 2 aromatic rings. The molecule has 218 valence electrons. The fourth-order valence-corrected chi connectivity index (χ4v) is 5.00.